The predicted octanol–water partition coefficient (Wildman–Crippen LogP) is 19.9. The standard InChI is InChI=1S/C65H108O6/c1-4-7-10-13-16-19-22-25-28-30-32-34-37-40-43-46-49-52-55-58-64(67)70-61-62(60-69-63(66)57-54-51-48-45-42-39-36-27-24-21-18-15-12-9-6-3)71-65(68)59-56-53-50-47-44-41-38-35-33-31-29-26-23-20-17-14-11-8-5-2/h7,9-10,12,16,18-19,21,25-29,32,34,36,40,43,62H,4-6,8,11,13-15,17,20,22-24,30-31,33,35,37-39,41-42,44-61H2,1-3H3/b10-7-,12-9-,19-16-,21-18-,28-25-,29-26-,34-32-,36-27-,43-40-/t62-/m0/s1. The van der Waals surface area contributed by atoms with Crippen molar-refractivity contribution in [2.75, 3.05) is 13.2 Å². The molecular formula is C65H108O6. The van der Waals surface area contributed by atoms with E-state index >= 15 is 0 Å². The molecule has 0 fully saturated rings. The highest BCUT2D eigenvalue weighted by atomic mass is 16.6. The van der Waals surface area contributed by atoms with Crippen LogP contribution in [-0.2, 0) is 28.6 Å². The van der Waals surface area contributed by atoms with E-state index < -0.39 is 6.10 Å². The summed E-state index contributed by atoms with van der Waals surface area (Å²) in [6.07, 6.45) is 79.3. The van der Waals surface area contributed by atoms with E-state index in [4.69, 9.17) is 14.2 Å². The van der Waals surface area contributed by atoms with Crippen LogP contribution in [0.5, 0.6) is 0 Å². The van der Waals surface area contributed by atoms with E-state index in [1.807, 2.05) is 0 Å². The van der Waals surface area contributed by atoms with E-state index in [-0.39, 0.29) is 31.1 Å². The van der Waals surface area contributed by atoms with Crippen LogP contribution >= 0.6 is 0 Å². The summed E-state index contributed by atoms with van der Waals surface area (Å²) in [4.78, 5) is 38.2. The molecule has 0 saturated carbocycles. The molecular weight excluding hydrogens is 877 g/mol. The molecule has 0 bridgehead atoms. The molecule has 1 atom stereocenters. The quantitative estimate of drug-likeness (QED) is 0.0261. The van der Waals surface area contributed by atoms with Gasteiger partial charge in [0.05, 0.1) is 0 Å². The van der Waals surface area contributed by atoms with E-state index in [9.17, 15) is 14.4 Å². The number of carbonyl (C=O) groups excluding carboxylic acids is 3. The van der Waals surface area contributed by atoms with Gasteiger partial charge < -0.3 is 14.2 Å². The Hall–Kier alpha value is -3.93. The highest BCUT2D eigenvalue weighted by Gasteiger charge is 2.19. The molecule has 0 spiro atoms. The molecule has 0 heterocycles. The average molecular weight is 986 g/mol. The highest BCUT2D eigenvalue weighted by molar-refractivity contribution is 5.71. The SMILES string of the molecule is CC/C=C\C/C=C\C/C=C\C/C=C\C/C=C\CCCCCC(=O)OC[C@H](COC(=O)CCCCCCC/C=C\C/C=C\C/C=C\CC)OC(=O)CCCCCCCCCCC/C=C\CCCCCCCC. The van der Waals surface area contributed by atoms with Gasteiger partial charge in [0.1, 0.15) is 13.2 Å². The van der Waals surface area contributed by atoms with Crippen molar-refractivity contribution < 1.29 is 28.6 Å². The van der Waals surface area contributed by atoms with Gasteiger partial charge in [-0.2, -0.15) is 0 Å². The summed E-state index contributed by atoms with van der Waals surface area (Å²) in [6, 6.07) is 0. The van der Waals surface area contributed by atoms with E-state index in [2.05, 4.69) is 130 Å². The summed E-state index contributed by atoms with van der Waals surface area (Å²) in [5.74, 6) is -0.948. The van der Waals surface area contributed by atoms with Crippen LogP contribution in [0.4, 0.5) is 0 Å². The van der Waals surface area contributed by atoms with E-state index in [1.54, 1.807) is 0 Å². The maximum Gasteiger partial charge on any atom is 0.306 e. The number of rotatable bonds is 52. The van der Waals surface area contributed by atoms with Crippen LogP contribution in [0.3, 0.4) is 0 Å². The van der Waals surface area contributed by atoms with Crippen molar-refractivity contribution in [3.8, 4) is 0 Å². The van der Waals surface area contributed by atoms with Crippen molar-refractivity contribution in [2.24, 2.45) is 0 Å². The lowest BCUT2D eigenvalue weighted by Gasteiger charge is -2.18. The Morgan fingerprint density at radius 1 is 0.296 bits per heavy atom. The molecule has 0 aromatic rings. The normalized spacial score (nSPS) is 12.9. The summed E-state index contributed by atoms with van der Waals surface area (Å²) < 4.78 is 16.8. The minimum Gasteiger partial charge on any atom is -0.462 e. The van der Waals surface area contributed by atoms with Gasteiger partial charge in [0.15, 0.2) is 6.10 Å². The molecule has 0 aromatic carbocycles. The van der Waals surface area contributed by atoms with Gasteiger partial charge in [-0.25, -0.2) is 0 Å². The third-order valence-electron chi connectivity index (χ3n) is 12.2. The fourth-order valence-corrected chi connectivity index (χ4v) is 7.89. The van der Waals surface area contributed by atoms with Crippen LogP contribution in [-0.4, -0.2) is 37.2 Å². The Morgan fingerprint density at radius 2 is 0.549 bits per heavy atom. The van der Waals surface area contributed by atoms with Gasteiger partial charge in [-0.15, -0.1) is 0 Å². The Bertz CT molecular complexity index is 1460. The fraction of sp³-hybridized carbons (Fsp3) is 0.677. The molecule has 6 heteroatoms. The minimum atomic E-state index is -0.803. The monoisotopic (exact) mass is 985 g/mol. The van der Waals surface area contributed by atoms with Crippen LogP contribution in [0, 0.1) is 0 Å². The molecule has 0 amide bonds. The summed E-state index contributed by atoms with van der Waals surface area (Å²) in [5, 5.41) is 0. The van der Waals surface area contributed by atoms with Crippen LogP contribution in [0.1, 0.15) is 265 Å². The summed E-state index contributed by atoms with van der Waals surface area (Å²) in [5.41, 5.74) is 0. The molecule has 0 aliphatic heterocycles. The first kappa shape index (κ1) is 67.1. The van der Waals surface area contributed by atoms with Gasteiger partial charge in [0.25, 0.3) is 0 Å². The van der Waals surface area contributed by atoms with Gasteiger partial charge in [0, 0.05) is 19.3 Å². The summed E-state index contributed by atoms with van der Waals surface area (Å²) in [7, 11) is 0. The Morgan fingerprint density at radius 3 is 0.887 bits per heavy atom. The number of allylic oxidation sites excluding steroid dienone is 18. The Labute approximate surface area is 438 Å². The largest absolute Gasteiger partial charge is 0.462 e. The number of carbonyl (C=O) groups is 3. The molecule has 71 heavy (non-hydrogen) atoms. The van der Waals surface area contributed by atoms with Crippen LogP contribution in [0.25, 0.3) is 0 Å². The second-order valence-electron chi connectivity index (χ2n) is 19.1. The first-order chi connectivity index (χ1) is 35.0. The molecule has 0 aromatic heterocycles. The Balaban J connectivity index is 4.47. The van der Waals surface area contributed by atoms with E-state index in [0.717, 1.165) is 135 Å². The molecule has 6 nitrogen and oxygen atoms in total. The second-order valence-corrected chi connectivity index (χ2v) is 19.1. The number of ether oxygens (including phenoxy) is 3. The van der Waals surface area contributed by atoms with E-state index in [0.29, 0.717) is 19.3 Å². The van der Waals surface area contributed by atoms with Crippen molar-refractivity contribution in [1.82, 2.24) is 0 Å². The molecule has 0 unspecified atom stereocenters. The number of unbranched alkanes of at least 4 members (excludes halogenated alkanes) is 23. The number of hydrogen-bond acceptors (Lipinski definition) is 6. The van der Waals surface area contributed by atoms with Crippen LogP contribution < -0.4 is 0 Å². The highest BCUT2D eigenvalue weighted by Crippen LogP contribution is 2.15. The summed E-state index contributed by atoms with van der Waals surface area (Å²) >= 11 is 0. The number of esters is 3. The van der Waals surface area contributed by atoms with Crippen molar-refractivity contribution in [2.45, 2.75) is 271 Å². The van der Waals surface area contributed by atoms with Gasteiger partial charge in [-0.05, 0) is 122 Å². The van der Waals surface area contributed by atoms with Crippen LogP contribution in [0.15, 0.2) is 109 Å². The lowest BCUT2D eigenvalue weighted by Crippen LogP contribution is -2.30. The third-order valence-corrected chi connectivity index (χ3v) is 12.2. The van der Waals surface area contributed by atoms with Crippen molar-refractivity contribution in [3.05, 3.63) is 109 Å². The smallest absolute Gasteiger partial charge is 0.306 e. The van der Waals surface area contributed by atoms with E-state index in [1.165, 1.54) is 89.9 Å². The molecule has 0 N–H and O–H groups in total. The molecule has 0 rings (SSSR count). The van der Waals surface area contributed by atoms with Gasteiger partial charge in [0.2, 0.25) is 0 Å². The predicted molar refractivity (Wildman–Crippen MR) is 307 cm³/mol. The zero-order valence-electron chi connectivity index (χ0n) is 46.2. The number of hydrogen-bond donors (Lipinski definition) is 0. The molecule has 0 aliphatic carbocycles. The van der Waals surface area contributed by atoms with Crippen molar-refractivity contribution in [1.29, 1.82) is 0 Å². The summed E-state index contributed by atoms with van der Waals surface area (Å²) in [6.45, 7) is 6.37. The van der Waals surface area contributed by atoms with Crippen LogP contribution in [0.2, 0.25) is 0 Å². The van der Waals surface area contributed by atoms with Crippen molar-refractivity contribution >= 4 is 17.9 Å². The lowest BCUT2D eigenvalue weighted by molar-refractivity contribution is -0.167. The van der Waals surface area contributed by atoms with Gasteiger partial charge >= 0.3 is 17.9 Å². The molecule has 0 aliphatic rings. The zero-order chi connectivity index (χ0) is 51.4. The first-order valence-corrected chi connectivity index (χ1v) is 29.4. The first-order valence-electron chi connectivity index (χ1n) is 29.4. The lowest BCUT2D eigenvalue weighted by atomic mass is 10.1. The Kier molecular flexibility index (Phi) is 55.4. The third kappa shape index (κ3) is 56.9. The molecule has 0 saturated heterocycles. The topological polar surface area (TPSA) is 78.9 Å². The minimum absolute atomic E-state index is 0.0997. The fourth-order valence-electron chi connectivity index (χ4n) is 7.89. The zero-order valence-corrected chi connectivity index (χ0v) is 46.2. The molecule has 0 radical (unpaired) electrons. The molecule has 404 valence electrons. The maximum absolute atomic E-state index is 12.9. The van der Waals surface area contributed by atoms with Gasteiger partial charge in [-0.3, -0.25) is 14.4 Å². The maximum atomic E-state index is 12.9. The second kappa shape index (κ2) is 58.6. The average Bonchev–Trinajstić information content (AvgIpc) is 3.37. The van der Waals surface area contributed by atoms with Crippen molar-refractivity contribution in [3.63, 3.8) is 0 Å². The van der Waals surface area contributed by atoms with Gasteiger partial charge in [-0.1, -0.05) is 233 Å².